The molecule has 3 aromatic carbocycles. The average Bonchev–Trinajstić information content (AvgIpc) is 2.75. The number of rotatable bonds is 4. The fraction of sp³-hybridized carbons (Fsp3) is 0. The predicted octanol–water partition coefficient (Wildman–Crippen LogP) is 5.10. The zero-order valence-electron chi connectivity index (χ0n) is 15.9. The van der Waals surface area contributed by atoms with Crippen LogP contribution in [0.15, 0.2) is 91.1 Å². The Labute approximate surface area is 187 Å². The Kier molecular flexibility index (Phi) is 6.69. The molecule has 0 radical (unpaired) electrons. The third-order valence-electron chi connectivity index (χ3n) is 4.54. The van der Waals surface area contributed by atoms with E-state index in [4.69, 9.17) is 0 Å². The van der Waals surface area contributed by atoms with Crippen LogP contribution in [0, 0.1) is 26.2 Å². The molecule has 0 N–H and O–H groups in total. The van der Waals surface area contributed by atoms with E-state index < -0.39 is 0 Å². The molecule has 0 bridgehead atoms. The Morgan fingerprint density at radius 2 is 1.59 bits per heavy atom. The van der Waals surface area contributed by atoms with E-state index in [-0.39, 0.29) is 21.1 Å². The largest absolute Gasteiger partial charge is 4.00 e. The van der Waals surface area contributed by atoms with Gasteiger partial charge in [-0.2, -0.15) is 0 Å². The van der Waals surface area contributed by atoms with Crippen molar-refractivity contribution in [2.24, 2.45) is 0 Å². The molecule has 2 nitrogen and oxygen atoms in total. The van der Waals surface area contributed by atoms with Crippen LogP contribution in [0.3, 0.4) is 0 Å². The normalized spacial score (nSPS) is 11.0. The van der Waals surface area contributed by atoms with Gasteiger partial charge in [0.2, 0.25) is 0 Å². The molecule has 4 rings (SSSR count). The molecule has 142 valence electrons. The molecule has 0 spiro atoms. The van der Waals surface area contributed by atoms with Gasteiger partial charge in [-0.1, -0.05) is 47.0 Å². The van der Waals surface area contributed by atoms with Gasteiger partial charge in [0.15, 0.2) is 0 Å². The quantitative estimate of drug-likeness (QED) is 0.188. The van der Waals surface area contributed by atoms with E-state index in [0.29, 0.717) is 0 Å². The van der Waals surface area contributed by atoms with Crippen LogP contribution in [-0.2, 0) is 21.1 Å². The molecule has 0 saturated carbocycles. The molecule has 1 heterocycles. The van der Waals surface area contributed by atoms with Crippen molar-refractivity contribution in [1.82, 2.24) is 0 Å². The Balaban J connectivity index is 0.00000240. The summed E-state index contributed by atoms with van der Waals surface area (Å²) in [7, 11) is 8.28. The van der Waals surface area contributed by atoms with Crippen molar-refractivity contribution in [3.05, 3.63) is 123 Å². The first-order valence-corrected chi connectivity index (χ1v) is 9.07. The van der Waals surface area contributed by atoms with Gasteiger partial charge in [0.25, 0.3) is 0 Å². The monoisotopic (exact) mass is 555 g/mol. The van der Waals surface area contributed by atoms with Gasteiger partial charge >= 0.3 is 21.1 Å². The minimum absolute atomic E-state index is 0. The van der Waals surface area contributed by atoms with Crippen molar-refractivity contribution < 1.29 is 30.2 Å². The molecule has 0 aliphatic carbocycles. The summed E-state index contributed by atoms with van der Waals surface area (Å²) in [6.07, 6.45) is 3.92. The van der Waals surface area contributed by atoms with Crippen molar-refractivity contribution in [2.75, 3.05) is 0 Å². The van der Waals surface area contributed by atoms with E-state index in [1.165, 1.54) is 0 Å². The zero-order chi connectivity index (χ0) is 19.3. The van der Waals surface area contributed by atoms with E-state index in [9.17, 15) is 0 Å². The fourth-order valence-corrected chi connectivity index (χ4v) is 3.18. The smallest absolute Gasteiger partial charge is 0.334 e. The molecule has 4 aromatic rings. The number of nitrogens with zero attached hydrogens (tertiary/aromatic N) is 2. The van der Waals surface area contributed by atoms with Crippen LogP contribution < -0.4 is 4.57 Å². The van der Waals surface area contributed by atoms with Gasteiger partial charge < -0.3 is 9.14 Å². The van der Waals surface area contributed by atoms with Gasteiger partial charge in [0.05, 0.1) is 23.8 Å². The minimum Gasteiger partial charge on any atom is -0.334 e. The molecule has 0 fully saturated rings. The van der Waals surface area contributed by atoms with Crippen LogP contribution in [0.2, 0.25) is 0 Å². The van der Waals surface area contributed by atoms with Crippen molar-refractivity contribution in [1.29, 1.82) is 0 Å². The zero-order valence-corrected chi connectivity index (χ0v) is 18.1. The molecule has 0 atom stereocenters. The van der Waals surface area contributed by atoms with Gasteiger partial charge in [-0.3, -0.25) is 0 Å². The number of aromatic nitrogens is 1. The maximum Gasteiger partial charge on any atom is 4.00 e. The summed E-state index contributed by atoms with van der Waals surface area (Å²) in [5, 5.41) is 0. The van der Waals surface area contributed by atoms with Crippen molar-refractivity contribution in [2.45, 2.75) is 0 Å². The molecule has 0 amide bonds. The summed E-state index contributed by atoms with van der Waals surface area (Å²) < 4.78 is 3.73. The Hall–Kier alpha value is -3.09. The maximum absolute atomic E-state index is 4.24. The number of para-hydroxylation sites is 1. The summed E-state index contributed by atoms with van der Waals surface area (Å²) in [5.41, 5.74) is 6.08. The first-order chi connectivity index (χ1) is 13.7. The number of hydrogen-bond donors (Lipinski definition) is 0. The standard InChI is InChI=1S/C26H20N2.Pt/c1-27-18-9-8-16-25(27)23-14-10-11-21(19-23)20-28(2)26-17-7-6-15-24(26)22-12-4-3-5-13-22;/h3-12,14-18,20H,1-2H2;/q-2;+4. The number of hydrogen-bond acceptors (Lipinski definition) is 0. The van der Waals surface area contributed by atoms with Crippen LogP contribution in [0.4, 0.5) is 5.69 Å². The first-order valence-electron chi connectivity index (χ1n) is 9.07. The van der Waals surface area contributed by atoms with E-state index in [1.807, 2.05) is 88.3 Å². The molecular weight excluding hydrogens is 535 g/mol. The third-order valence-corrected chi connectivity index (χ3v) is 4.54. The first kappa shape index (κ1) is 20.6. The summed E-state index contributed by atoms with van der Waals surface area (Å²) in [4.78, 5) is 0. The van der Waals surface area contributed by atoms with Crippen LogP contribution in [0.5, 0.6) is 0 Å². The molecule has 1 aromatic heterocycles. The van der Waals surface area contributed by atoms with Gasteiger partial charge in [-0.05, 0) is 6.07 Å². The second-order valence-corrected chi connectivity index (χ2v) is 6.47. The second-order valence-electron chi connectivity index (χ2n) is 6.47. The molecule has 29 heavy (non-hydrogen) atoms. The van der Waals surface area contributed by atoms with Crippen LogP contribution >= 0.6 is 0 Å². The number of benzene rings is 3. The Morgan fingerprint density at radius 1 is 0.828 bits per heavy atom. The average molecular weight is 556 g/mol. The summed E-state index contributed by atoms with van der Waals surface area (Å²) in [5.74, 6) is 0. The number of pyridine rings is 1. The summed E-state index contributed by atoms with van der Waals surface area (Å²) in [6.45, 7) is 0. The van der Waals surface area contributed by atoms with E-state index in [1.54, 1.807) is 0 Å². The van der Waals surface area contributed by atoms with Crippen molar-refractivity contribution in [3.8, 4) is 22.4 Å². The summed E-state index contributed by atoms with van der Waals surface area (Å²) in [6, 6.07) is 35.0. The second kappa shape index (κ2) is 9.40. The predicted molar refractivity (Wildman–Crippen MR) is 113 cm³/mol. The van der Waals surface area contributed by atoms with Gasteiger partial charge in [0, 0.05) is 14.1 Å². The molecule has 3 heteroatoms. The topological polar surface area (TPSA) is 6.89 Å². The summed E-state index contributed by atoms with van der Waals surface area (Å²) >= 11 is 0. The van der Waals surface area contributed by atoms with E-state index >= 15 is 0 Å². The van der Waals surface area contributed by atoms with Crippen molar-refractivity contribution in [3.63, 3.8) is 0 Å². The fourth-order valence-electron chi connectivity index (χ4n) is 3.18. The van der Waals surface area contributed by atoms with Gasteiger partial charge in [-0.15, -0.1) is 66.2 Å². The van der Waals surface area contributed by atoms with E-state index in [2.05, 4.69) is 44.4 Å². The third kappa shape index (κ3) is 4.67. The van der Waals surface area contributed by atoms with Crippen LogP contribution in [0.1, 0.15) is 5.56 Å². The molecule has 0 aliphatic rings. The molecular formula is C26H20N2Pt+2. The van der Waals surface area contributed by atoms with Crippen LogP contribution in [0.25, 0.3) is 22.4 Å². The minimum atomic E-state index is 0. The Morgan fingerprint density at radius 3 is 2.38 bits per heavy atom. The van der Waals surface area contributed by atoms with E-state index in [0.717, 1.165) is 33.6 Å². The Bertz CT molecular complexity index is 1130. The SMILES string of the molecule is [CH2-][N+](=Cc1[c-]c(-c2cccc[n+]2[CH2-])ccc1)c1ccccc1-c1[c-]cccc1.[Pt+4]. The van der Waals surface area contributed by atoms with Crippen molar-refractivity contribution >= 4 is 11.9 Å². The molecule has 0 aliphatic heterocycles. The van der Waals surface area contributed by atoms with Crippen LogP contribution in [-0.4, -0.2) is 10.8 Å². The van der Waals surface area contributed by atoms with Gasteiger partial charge in [-0.25, -0.2) is 0 Å². The maximum atomic E-state index is 4.24. The van der Waals surface area contributed by atoms with Gasteiger partial charge in [0.1, 0.15) is 0 Å². The molecule has 0 unspecified atom stereocenters. The molecule has 0 saturated heterocycles.